The summed E-state index contributed by atoms with van der Waals surface area (Å²) in [4.78, 5) is 14.3. The Hall–Kier alpha value is -1.15. The summed E-state index contributed by atoms with van der Waals surface area (Å²) in [6.07, 6.45) is 0.447. The first-order chi connectivity index (χ1) is 12.1. The topological polar surface area (TPSA) is 54.5 Å². The Labute approximate surface area is 158 Å². The van der Waals surface area contributed by atoms with Crippen LogP contribution in [-0.4, -0.2) is 49.1 Å². The van der Waals surface area contributed by atoms with Crippen LogP contribution in [0.5, 0.6) is 0 Å². The van der Waals surface area contributed by atoms with Crippen molar-refractivity contribution in [3.8, 4) is 0 Å². The van der Waals surface area contributed by atoms with Gasteiger partial charge in [0.2, 0.25) is 5.91 Å². The van der Waals surface area contributed by atoms with Gasteiger partial charge in [0, 0.05) is 23.4 Å². The molecule has 26 heavy (non-hydrogen) atoms. The molecule has 0 N–H and O–H groups in total. The van der Waals surface area contributed by atoms with Crippen LogP contribution in [0.3, 0.4) is 0 Å². The Balaban J connectivity index is 2.05. The number of thioether (sulfide) groups is 1. The van der Waals surface area contributed by atoms with E-state index in [9.17, 15) is 22.0 Å². The fourth-order valence-corrected chi connectivity index (χ4v) is 5.81. The van der Waals surface area contributed by atoms with E-state index in [1.54, 1.807) is 11.8 Å². The Morgan fingerprint density at radius 2 is 1.88 bits per heavy atom. The lowest BCUT2D eigenvalue weighted by atomic mass is 10.1. The van der Waals surface area contributed by atoms with Crippen LogP contribution in [0.25, 0.3) is 0 Å². The molecule has 1 amide bonds. The predicted molar refractivity (Wildman–Crippen MR) is 101 cm³/mol. The van der Waals surface area contributed by atoms with Crippen molar-refractivity contribution in [3.63, 3.8) is 0 Å². The molecule has 1 heterocycles. The zero-order valence-electron chi connectivity index (χ0n) is 15.2. The van der Waals surface area contributed by atoms with Gasteiger partial charge in [-0.05, 0) is 31.4 Å². The molecule has 2 rings (SSSR count). The maximum Gasteiger partial charge on any atom is 0.232 e. The third kappa shape index (κ3) is 5.42. The largest absolute Gasteiger partial charge is 0.338 e. The van der Waals surface area contributed by atoms with E-state index in [1.807, 2.05) is 13.8 Å². The van der Waals surface area contributed by atoms with E-state index in [-0.39, 0.29) is 40.7 Å². The van der Waals surface area contributed by atoms with Gasteiger partial charge in [0.05, 0.1) is 17.3 Å². The maximum atomic E-state index is 13.9. The van der Waals surface area contributed by atoms with Crippen LogP contribution < -0.4 is 0 Å². The number of halogens is 2. The van der Waals surface area contributed by atoms with Crippen molar-refractivity contribution in [1.82, 2.24) is 4.90 Å². The van der Waals surface area contributed by atoms with Gasteiger partial charge >= 0.3 is 0 Å². The predicted octanol–water partition coefficient (Wildman–Crippen LogP) is 3.43. The second kappa shape index (κ2) is 8.69. The summed E-state index contributed by atoms with van der Waals surface area (Å²) in [6.45, 7) is 6.07. The van der Waals surface area contributed by atoms with Gasteiger partial charge in [0.25, 0.3) is 0 Å². The van der Waals surface area contributed by atoms with E-state index in [1.165, 1.54) is 18.2 Å². The molecule has 4 nitrogen and oxygen atoms in total. The average Bonchev–Trinajstić information content (AvgIpc) is 2.89. The zero-order chi connectivity index (χ0) is 19.5. The molecule has 0 radical (unpaired) electrons. The number of amides is 1. The number of carbonyl (C=O) groups excluding carboxylic acids is 1. The van der Waals surface area contributed by atoms with Crippen molar-refractivity contribution in [2.75, 3.05) is 23.8 Å². The highest BCUT2D eigenvalue weighted by molar-refractivity contribution is 8.00. The minimum absolute atomic E-state index is 0.00633. The summed E-state index contributed by atoms with van der Waals surface area (Å²) in [5, 5.41) is -0.520. The minimum Gasteiger partial charge on any atom is -0.338 e. The molecule has 146 valence electrons. The highest BCUT2D eigenvalue weighted by Crippen LogP contribution is 2.32. The molecule has 2 unspecified atom stereocenters. The number of sulfone groups is 1. The lowest BCUT2D eigenvalue weighted by Gasteiger charge is -2.30. The smallest absolute Gasteiger partial charge is 0.232 e. The molecule has 1 aromatic rings. The van der Waals surface area contributed by atoms with Gasteiger partial charge in [0.15, 0.2) is 9.84 Å². The number of carbonyl (C=O) groups is 1. The number of nitrogens with zero attached hydrogens (tertiary/aromatic N) is 1. The van der Waals surface area contributed by atoms with E-state index in [4.69, 9.17) is 0 Å². The number of benzene rings is 1. The van der Waals surface area contributed by atoms with Gasteiger partial charge in [-0.25, -0.2) is 17.2 Å². The van der Waals surface area contributed by atoms with Crippen molar-refractivity contribution >= 4 is 27.5 Å². The van der Waals surface area contributed by atoms with Gasteiger partial charge in [-0.1, -0.05) is 19.9 Å². The Bertz CT molecular complexity index is 733. The highest BCUT2D eigenvalue weighted by atomic mass is 32.2. The Kier molecular flexibility index (Phi) is 7.07. The first-order valence-corrected chi connectivity index (χ1v) is 11.5. The SMILES string of the molecule is CC(C)CN(C(=O)CSC(C)c1c(F)cccc1F)C1CCS(=O)(=O)C1. The molecule has 1 aliphatic heterocycles. The van der Waals surface area contributed by atoms with Crippen molar-refractivity contribution in [2.24, 2.45) is 5.92 Å². The van der Waals surface area contributed by atoms with Crippen LogP contribution in [0.15, 0.2) is 18.2 Å². The number of hydrogen-bond acceptors (Lipinski definition) is 4. The summed E-state index contributed by atoms with van der Waals surface area (Å²) in [5.41, 5.74) is -0.0378. The molecule has 0 aliphatic carbocycles. The molecule has 8 heteroatoms. The second-order valence-corrected chi connectivity index (χ2v) is 10.6. The van der Waals surface area contributed by atoms with Gasteiger partial charge in [0.1, 0.15) is 11.6 Å². The molecular weight excluding hydrogens is 380 g/mol. The van der Waals surface area contributed by atoms with Gasteiger partial charge in [-0.15, -0.1) is 11.8 Å². The summed E-state index contributed by atoms with van der Waals surface area (Å²) in [5.74, 6) is -1.09. The first-order valence-electron chi connectivity index (χ1n) is 8.66. The molecule has 0 spiro atoms. The standard InChI is InChI=1S/C18H25F2NO3S2/c1-12(2)9-21(14-7-8-26(23,24)11-14)17(22)10-25-13(3)18-15(19)5-4-6-16(18)20/h4-6,12-14H,7-11H2,1-3H3. The van der Waals surface area contributed by atoms with Gasteiger partial charge in [-0.2, -0.15) is 0 Å². The summed E-state index contributed by atoms with van der Waals surface area (Å²) >= 11 is 1.16. The average molecular weight is 406 g/mol. The quantitative estimate of drug-likeness (QED) is 0.697. The van der Waals surface area contributed by atoms with E-state index in [0.29, 0.717) is 13.0 Å². The molecule has 1 fully saturated rings. The van der Waals surface area contributed by atoms with Crippen LogP contribution in [0, 0.1) is 17.6 Å². The van der Waals surface area contributed by atoms with Crippen LogP contribution >= 0.6 is 11.8 Å². The summed E-state index contributed by atoms with van der Waals surface area (Å²) in [6, 6.07) is 3.40. The van der Waals surface area contributed by atoms with Crippen molar-refractivity contribution in [3.05, 3.63) is 35.4 Å². The molecule has 1 aromatic carbocycles. The van der Waals surface area contributed by atoms with Crippen LogP contribution in [0.4, 0.5) is 8.78 Å². The van der Waals surface area contributed by atoms with E-state index in [0.717, 1.165) is 11.8 Å². The lowest BCUT2D eigenvalue weighted by molar-refractivity contribution is -0.130. The molecule has 0 aromatic heterocycles. The number of rotatable bonds is 7. The van der Waals surface area contributed by atoms with E-state index < -0.39 is 26.7 Å². The summed E-state index contributed by atoms with van der Waals surface area (Å²) in [7, 11) is -3.10. The Morgan fingerprint density at radius 3 is 2.38 bits per heavy atom. The lowest BCUT2D eigenvalue weighted by Crippen LogP contribution is -2.44. The second-order valence-electron chi connectivity index (χ2n) is 7.09. The van der Waals surface area contributed by atoms with Crippen molar-refractivity contribution < 1.29 is 22.0 Å². The van der Waals surface area contributed by atoms with Crippen molar-refractivity contribution in [1.29, 1.82) is 0 Å². The maximum absolute atomic E-state index is 13.9. The van der Waals surface area contributed by atoms with Gasteiger partial charge in [-0.3, -0.25) is 4.79 Å². The molecule has 2 atom stereocenters. The molecule has 0 saturated carbocycles. The first kappa shape index (κ1) is 21.2. The number of hydrogen-bond donors (Lipinski definition) is 0. The third-order valence-corrected chi connectivity index (χ3v) is 7.29. The fraction of sp³-hybridized carbons (Fsp3) is 0.611. The normalized spacial score (nSPS) is 20.3. The van der Waals surface area contributed by atoms with Crippen LogP contribution in [0.1, 0.15) is 38.0 Å². The summed E-state index contributed by atoms with van der Waals surface area (Å²) < 4.78 is 51.2. The van der Waals surface area contributed by atoms with Crippen molar-refractivity contribution in [2.45, 2.75) is 38.5 Å². The van der Waals surface area contributed by atoms with E-state index >= 15 is 0 Å². The highest BCUT2D eigenvalue weighted by Gasteiger charge is 2.35. The minimum atomic E-state index is -3.10. The van der Waals surface area contributed by atoms with E-state index in [2.05, 4.69) is 0 Å². The monoisotopic (exact) mass is 405 g/mol. The third-order valence-electron chi connectivity index (χ3n) is 4.39. The molecule has 1 aliphatic rings. The Morgan fingerprint density at radius 1 is 1.27 bits per heavy atom. The van der Waals surface area contributed by atoms with Crippen LogP contribution in [-0.2, 0) is 14.6 Å². The molecule has 1 saturated heterocycles. The van der Waals surface area contributed by atoms with Gasteiger partial charge < -0.3 is 4.90 Å². The van der Waals surface area contributed by atoms with Crippen LogP contribution in [0.2, 0.25) is 0 Å². The molecule has 0 bridgehead atoms. The molecular formula is C18H25F2NO3S2. The zero-order valence-corrected chi connectivity index (χ0v) is 16.9. The fourth-order valence-electron chi connectivity index (χ4n) is 3.13.